The summed E-state index contributed by atoms with van der Waals surface area (Å²) in [5.74, 6) is 0.114. The van der Waals surface area contributed by atoms with Gasteiger partial charge < -0.3 is 14.8 Å². The molecule has 1 fully saturated rings. The van der Waals surface area contributed by atoms with Gasteiger partial charge >= 0.3 is 12.1 Å². The maximum absolute atomic E-state index is 12.5. The van der Waals surface area contributed by atoms with E-state index in [9.17, 15) is 9.59 Å². The van der Waals surface area contributed by atoms with Crippen LogP contribution in [0, 0.1) is 16.7 Å². The molecule has 1 aliphatic carbocycles. The molecule has 3 rings (SSSR count). The Hall–Kier alpha value is -2.82. The molecule has 1 amide bonds. The molecule has 0 spiro atoms. The third kappa shape index (κ3) is 8.85. The van der Waals surface area contributed by atoms with Crippen molar-refractivity contribution in [2.75, 3.05) is 19.8 Å². The van der Waals surface area contributed by atoms with Gasteiger partial charge in [-0.2, -0.15) is 0 Å². The van der Waals surface area contributed by atoms with E-state index < -0.39 is 0 Å². The number of esters is 1. The number of carbonyl (C=O) groups excluding carboxylic acids is 2. The summed E-state index contributed by atoms with van der Waals surface area (Å²) >= 11 is 0. The summed E-state index contributed by atoms with van der Waals surface area (Å²) in [6, 6.07) is 20.1. The summed E-state index contributed by atoms with van der Waals surface area (Å²) in [7, 11) is 0. The van der Waals surface area contributed by atoms with E-state index in [4.69, 9.17) is 9.47 Å². The van der Waals surface area contributed by atoms with Gasteiger partial charge in [0.05, 0.1) is 13.2 Å². The van der Waals surface area contributed by atoms with Crippen LogP contribution in [-0.4, -0.2) is 31.8 Å². The first-order chi connectivity index (χ1) is 16.2. The molecule has 1 saturated carbocycles. The molecule has 5 heteroatoms. The second kappa shape index (κ2) is 12.0. The Kier molecular flexibility index (Phi) is 9.14. The van der Waals surface area contributed by atoms with Gasteiger partial charge in [0.1, 0.15) is 0 Å². The van der Waals surface area contributed by atoms with Crippen molar-refractivity contribution in [2.45, 2.75) is 59.3 Å². The minimum Gasteiger partial charge on any atom is -0.465 e. The highest BCUT2D eigenvalue weighted by molar-refractivity contribution is 5.69. The second-order valence-electron chi connectivity index (χ2n) is 10.8. The molecule has 0 heterocycles. The standard InChI is InChI=1S/C29H39NO4/c1-28(2)19-25(18-26(31)33-16-14-23-10-6-4-7-11-23)20-29(3,21-28)22-30-27(32)34-17-15-24-12-8-5-9-13-24/h4-13,25H,14-22H2,1-3H3,(H,30,32). The fourth-order valence-corrected chi connectivity index (χ4v) is 5.59. The van der Waals surface area contributed by atoms with Crippen molar-refractivity contribution >= 4 is 12.1 Å². The smallest absolute Gasteiger partial charge is 0.407 e. The van der Waals surface area contributed by atoms with E-state index in [2.05, 4.69) is 26.1 Å². The van der Waals surface area contributed by atoms with Crippen LogP contribution >= 0.6 is 0 Å². The van der Waals surface area contributed by atoms with Crippen LogP contribution in [0.5, 0.6) is 0 Å². The highest BCUT2D eigenvalue weighted by Gasteiger charge is 2.42. The molecule has 184 valence electrons. The van der Waals surface area contributed by atoms with Gasteiger partial charge in [0.25, 0.3) is 0 Å². The molecule has 0 saturated heterocycles. The lowest BCUT2D eigenvalue weighted by Crippen LogP contribution is -2.44. The summed E-state index contributed by atoms with van der Waals surface area (Å²) < 4.78 is 10.9. The first-order valence-electron chi connectivity index (χ1n) is 12.4. The average molecular weight is 466 g/mol. The number of hydrogen-bond donors (Lipinski definition) is 1. The second-order valence-corrected chi connectivity index (χ2v) is 10.8. The normalized spacial score (nSPS) is 21.4. The molecule has 0 aromatic heterocycles. The third-order valence-electron chi connectivity index (χ3n) is 6.61. The van der Waals surface area contributed by atoms with E-state index in [1.54, 1.807) is 0 Å². The Labute approximate surface area is 204 Å². The van der Waals surface area contributed by atoms with E-state index in [1.807, 2.05) is 60.7 Å². The summed E-state index contributed by atoms with van der Waals surface area (Å²) in [5.41, 5.74) is 2.33. The number of carbonyl (C=O) groups is 2. The minimum atomic E-state index is -0.377. The van der Waals surface area contributed by atoms with Crippen LogP contribution in [0.3, 0.4) is 0 Å². The molecule has 1 N–H and O–H groups in total. The Morgan fingerprint density at radius 2 is 1.41 bits per heavy atom. The van der Waals surface area contributed by atoms with Gasteiger partial charge in [-0.25, -0.2) is 4.79 Å². The Bertz CT molecular complexity index is 912. The lowest BCUT2D eigenvalue weighted by Gasteiger charge is -2.46. The van der Waals surface area contributed by atoms with Crippen LogP contribution in [0.2, 0.25) is 0 Å². The zero-order valence-electron chi connectivity index (χ0n) is 20.8. The number of rotatable bonds is 10. The molecule has 0 bridgehead atoms. The molecule has 2 atom stereocenters. The van der Waals surface area contributed by atoms with Crippen LogP contribution < -0.4 is 5.32 Å². The zero-order valence-corrected chi connectivity index (χ0v) is 20.8. The molecule has 34 heavy (non-hydrogen) atoms. The lowest BCUT2D eigenvalue weighted by atomic mass is 9.60. The number of amides is 1. The van der Waals surface area contributed by atoms with E-state index in [-0.39, 0.29) is 28.8 Å². The van der Waals surface area contributed by atoms with Gasteiger partial charge in [-0.3, -0.25) is 4.79 Å². The molecule has 2 aromatic rings. The SMILES string of the molecule is CC1(C)CC(CC(=O)OCCc2ccccc2)CC(C)(CNC(=O)OCCc2ccccc2)C1. The predicted octanol–water partition coefficient (Wildman–Crippen LogP) is 5.96. The van der Waals surface area contributed by atoms with Gasteiger partial charge in [0.15, 0.2) is 0 Å². The Morgan fingerprint density at radius 1 is 0.853 bits per heavy atom. The maximum Gasteiger partial charge on any atom is 0.407 e. The molecule has 1 aliphatic rings. The van der Waals surface area contributed by atoms with Crippen molar-refractivity contribution in [2.24, 2.45) is 16.7 Å². The largest absolute Gasteiger partial charge is 0.465 e. The molecule has 2 aromatic carbocycles. The Balaban J connectivity index is 1.42. The summed E-state index contributed by atoms with van der Waals surface area (Å²) in [4.78, 5) is 24.8. The van der Waals surface area contributed by atoms with Crippen LogP contribution in [-0.2, 0) is 27.1 Å². The number of alkyl carbamates (subject to hydrolysis) is 1. The quantitative estimate of drug-likeness (QED) is 0.440. The molecule has 0 aliphatic heterocycles. The van der Waals surface area contributed by atoms with Crippen LogP contribution in [0.1, 0.15) is 57.6 Å². The monoisotopic (exact) mass is 465 g/mol. The highest BCUT2D eigenvalue weighted by atomic mass is 16.5. The van der Waals surface area contributed by atoms with Crippen molar-refractivity contribution < 1.29 is 19.1 Å². The topological polar surface area (TPSA) is 64.6 Å². The number of hydrogen-bond acceptors (Lipinski definition) is 4. The fourth-order valence-electron chi connectivity index (χ4n) is 5.59. The molecule has 2 unspecified atom stereocenters. The van der Waals surface area contributed by atoms with E-state index in [0.717, 1.165) is 31.2 Å². The molecular weight excluding hydrogens is 426 g/mol. The van der Waals surface area contributed by atoms with Gasteiger partial charge in [0.2, 0.25) is 0 Å². The minimum absolute atomic E-state index is 0.0881. The van der Waals surface area contributed by atoms with Gasteiger partial charge in [-0.15, -0.1) is 0 Å². The number of ether oxygens (including phenoxy) is 2. The number of nitrogens with one attached hydrogen (secondary N) is 1. The van der Waals surface area contributed by atoms with Crippen molar-refractivity contribution in [3.8, 4) is 0 Å². The van der Waals surface area contributed by atoms with Crippen molar-refractivity contribution in [3.63, 3.8) is 0 Å². The van der Waals surface area contributed by atoms with Crippen molar-refractivity contribution in [1.29, 1.82) is 0 Å². The predicted molar refractivity (Wildman–Crippen MR) is 134 cm³/mol. The third-order valence-corrected chi connectivity index (χ3v) is 6.61. The average Bonchev–Trinajstić information content (AvgIpc) is 2.78. The van der Waals surface area contributed by atoms with Gasteiger partial charge in [0, 0.05) is 25.8 Å². The molecule has 5 nitrogen and oxygen atoms in total. The Morgan fingerprint density at radius 3 is 2.00 bits per heavy atom. The molecule has 0 radical (unpaired) electrons. The van der Waals surface area contributed by atoms with Crippen LogP contribution in [0.4, 0.5) is 4.79 Å². The van der Waals surface area contributed by atoms with Crippen LogP contribution in [0.15, 0.2) is 60.7 Å². The molecular formula is C29H39NO4. The summed E-state index contributed by atoms with van der Waals surface area (Å²) in [6.07, 6.45) is 4.34. The van der Waals surface area contributed by atoms with Crippen molar-refractivity contribution in [3.05, 3.63) is 71.8 Å². The van der Waals surface area contributed by atoms with Gasteiger partial charge in [-0.05, 0) is 47.1 Å². The fraction of sp³-hybridized carbons (Fsp3) is 0.517. The summed E-state index contributed by atoms with van der Waals surface area (Å²) in [6.45, 7) is 8.00. The van der Waals surface area contributed by atoms with E-state index in [1.165, 1.54) is 5.56 Å². The highest BCUT2D eigenvalue weighted by Crippen LogP contribution is 2.49. The zero-order chi connectivity index (χ0) is 24.4. The number of benzene rings is 2. The van der Waals surface area contributed by atoms with Crippen LogP contribution in [0.25, 0.3) is 0 Å². The van der Waals surface area contributed by atoms with E-state index in [0.29, 0.717) is 32.6 Å². The van der Waals surface area contributed by atoms with E-state index >= 15 is 0 Å². The lowest BCUT2D eigenvalue weighted by molar-refractivity contribution is -0.145. The van der Waals surface area contributed by atoms with Gasteiger partial charge in [-0.1, -0.05) is 81.4 Å². The first kappa shape index (κ1) is 25.8. The summed E-state index contributed by atoms with van der Waals surface area (Å²) in [5, 5.41) is 2.97. The maximum atomic E-state index is 12.5. The first-order valence-corrected chi connectivity index (χ1v) is 12.4. The van der Waals surface area contributed by atoms with Crippen molar-refractivity contribution in [1.82, 2.24) is 5.32 Å².